The van der Waals surface area contributed by atoms with Crippen molar-refractivity contribution in [1.82, 2.24) is 10.2 Å². The lowest BCUT2D eigenvalue weighted by Crippen LogP contribution is -2.36. The van der Waals surface area contributed by atoms with Crippen molar-refractivity contribution in [2.75, 3.05) is 26.3 Å². The molecule has 0 bridgehead atoms. The van der Waals surface area contributed by atoms with E-state index in [0.717, 1.165) is 38.4 Å². The van der Waals surface area contributed by atoms with Crippen LogP contribution < -0.4 is 5.32 Å². The standard InChI is InChI=1S/C22H28N2O2/c1-17-7-8-18(2)21(13-17)14-22(25)23-15-19-5-3-4-6-20(19)16-24-9-11-26-12-10-24/h3-8,13H,9-12,14-16H2,1-2H3,(H,23,25). The van der Waals surface area contributed by atoms with Gasteiger partial charge < -0.3 is 10.1 Å². The Balaban J connectivity index is 1.58. The smallest absolute Gasteiger partial charge is 0.224 e. The number of morpholine rings is 1. The number of hydrogen-bond donors (Lipinski definition) is 1. The molecule has 1 saturated heterocycles. The highest BCUT2D eigenvalue weighted by Gasteiger charge is 2.13. The van der Waals surface area contributed by atoms with Gasteiger partial charge in [0.1, 0.15) is 0 Å². The highest BCUT2D eigenvalue weighted by molar-refractivity contribution is 5.79. The molecule has 1 amide bonds. The lowest BCUT2D eigenvalue weighted by Gasteiger charge is -2.27. The number of nitrogens with zero attached hydrogens (tertiary/aromatic N) is 1. The van der Waals surface area contributed by atoms with Crippen molar-refractivity contribution < 1.29 is 9.53 Å². The lowest BCUT2D eigenvalue weighted by molar-refractivity contribution is -0.120. The van der Waals surface area contributed by atoms with Gasteiger partial charge in [-0.2, -0.15) is 0 Å². The molecular weight excluding hydrogens is 324 g/mol. The van der Waals surface area contributed by atoms with E-state index in [-0.39, 0.29) is 5.91 Å². The number of benzene rings is 2. The summed E-state index contributed by atoms with van der Waals surface area (Å²) in [4.78, 5) is 14.8. The Morgan fingerprint density at radius 1 is 1.04 bits per heavy atom. The van der Waals surface area contributed by atoms with E-state index in [1.807, 2.05) is 6.07 Å². The normalized spacial score (nSPS) is 15.0. The Morgan fingerprint density at radius 2 is 1.77 bits per heavy atom. The SMILES string of the molecule is Cc1ccc(C)c(CC(=O)NCc2ccccc2CN2CCOCC2)c1. The largest absolute Gasteiger partial charge is 0.379 e. The van der Waals surface area contributed by atoms with Crippen molar-refractivity contribution in [2.45, 2.75) is 33.4 Å². The van der Waals surface area contributed by atoms with Gasteiger partial charge in [-0.05, 0) is 36.1 Å². The van der Waals surface area contributed by atoms with E-state index < -0.39 is 0 Å². The van der Waals surface area contributed by atoms with Gasteiger partial charge in [0.25, 0.3) is 0 Å². The molecule has 138 valence electrons. The number of carbonyl (C=O) groups is 1. The minimum Gasteiger partial charge on any atom is -0.379 e. The molecule has 4 nitrogen and oxygen atoms in total. The molecule has 1 N–H and O–H groups in total. The fraction of sp³-hybridized carbons (Fsp3) is 0.409. The van der Waals surface area contributed by atoms with E-state index in [4.69, 9.17) is 4.74 Å². The quantitative estimate of drug-likeness (QED) is 0.869. The molecule has 1 heterocycles. The summed E-state index contributed by atoms with van der Waals surface area (Å²) in [6.45, 7) is 9.13. The maximum atomic E-state index is 12.4. The second-order valence-electron chi connectivity index (χ2n) is 7.04. The zero-order valence-corrected chi connectivity index (χ0v) is 15.8. The van der Waals surface area contributed by atoms with Crippen LogP contribution in [0.2, 0.25) is 0 Å². The molecule has 0 unspecified atom stereocenters. The van der Waals surface area contributed by atoms with Crippen LogP contribution in [0.15, 0.2) is 42.5 Å². The fourth-order valence-corrected chi connectivity index (χ4v) is 3.30. The molecule has 26 heavy (non-hydrogen) atoms. The maximum Gasteiger partial charge on any atom is 0.224 e. The number of nitrogens with one attached hydrogen (secondary N) is 1. The minimum atomic E-state index is 0.0693. The van der Waals surface area contributed by atoms with Crippen LogP contribution in [0.1, 0.15) is 27.8 Å². The molecule has 0 spiro atoms. The molecule has 4 heteroatoms. The molecule has 2 aromatic rings. The van der Waals surface area contributed by atoms with Gasteiger partial charge in [-0.1, -0.05) is 48.0 Å². The summed E-state index contributed by atoms with van der Waals surface area (Å²) in [7, 11) is 0. The third-order valence-corrected chi connectivity index (χ3v) is 4.95. The summed E-state index contributed by atoms with van der Waals surface area (Å²) in [5.74, 6) is 0.0693. The molecule has 0 saturated carbocycles. The third kappa shape index (κ3) is 5.16. The summed E-state index contributed by atoms with van der Waals surface area (Å²) in [5, 5.41) is 3.09. The predicted octanol–water partition coefficient (Wildman–Crippen LogP) is 2.99. The van der Waals surface area contributed by atoms with Crippen LogP contribution in [0.25, 0.3) is 0 Å². The van der Waals surface area contributed by atoms with E-state index >= 15 is 0 Å². The molecule has 1 fully saturated rings. The molecule has 0 aromatic heterocycles. The topological polar surface area (TPSA) is 41.6 Å². The number of ether oxygens (including phenoxy) is 1. The van der Waals surface area contributed by atoms with Crippen LogP contribution in [0, 0.1) is 13.8 Å². The molecule has 1 aliphatic rings. The van der Waals surface area contributed by atoms with Gasteiger partial charge in [0, 0.05) is 26.2 Å². The Kier molecular flexibility index (Phi) is 6.42. The Bertz CT molecular complexity index is 752. The van der Waals surface area contributed by atoms with Crippen LogP contribution in [0.3, 0.4) is 0 Å². The summed E-state index contributed by atoms with van der Waals surface area (Å²) in [5.41, 5.74) is 5.92. The number of hydrogen-bond acceptors (Lipinski definition) is 3. The first kappa shape index (κ1) is 18.6. The third-order valence-electron chi connectivity index (χ3n) is 4.95. The molecule has 0 aliphatic carbocycles. The van der Waals surface area contributed by atoms with Crippen LogP contribution >= 0.6 is 0 Å². The van der Waals surface area contributed by atoms with Gasteiger partial charge in [0.2, 0.25) is 5.91 Å². The first-order valence-electron chi connectivity index (χ1n) is 9.31. The van der Waals surface area contributed by atoms with Gasteiger partial charge in [-0.25, -0.2) is 0 Å². The second-order valence-corrected chi connectivity index (χ2v) is 7.04. The zero-order chi connectivity index (χ0) is 18.4. The van der Waals surface area contributed by atoms with Crippen LogP contribution in [0.5, 0.6) is 0 Å². The first-order valence-corrected chi connectivity index (χ1v) is 9.31. The van der Waals surface area contributed by atoms with Crippen molar-refractivity contribution in [3.05, 3.63) is 70.3 Å². The summed E-state index contributed by atoms with van der Waals surface area (Å²) >= 11 is 0. The number of aryl methyl sites for hydroxylation is 2. The number of carbonyl (C=O) groups excluding carboxylic acids is 1. The monoisotopic (exact) mass is 352 g/mol. The van der Waals surface area contributed by atoms with Crippen LogP contribution in [-0.2, 0) is 29.0 Å². The second kappa shape index (κ2) is 8.97. The minimum absolute atomic E-state index is 0.0693. The molecule has 3 rings (SSSR count). The zero-order valence-electron chi connectivity index (χ0n) is 15.8. The van der Waals surface area contributed by atoms with E-state index in [0.29, 0.717) is 13.0 Å². The van der Waals surface area contributed by atoms with Crippen molar-refractivity contribution in [3.63, 3.8) is 0 Å². The van der Waals surface area contributed by atoms with E-state index in [1.54, 1.807) is 0 Å². The van der Waals surface area contributed by atoms with E-state index in [1.165, 1.54) is 22.3 Å². The summed E-state index contributed by atoms with van der Waals surface area (Å²) < 4.78 is 5.42. The molecule has 1 aliphatic heterocycles. The Labute approximate surface area is 156 Å². The van der Waals surface area contributed by atoms with Gasteiger partial charge in [-0.3, -0.25) is 9.69 Å². The lowest BCUT2D eigenvalue weighted by atomic mass is 10.0. The first-order chi connectivity index (χ1) is 12.6. The predicted molar refractivity (Wildman–Crippen MR) is 104 cm³/mol. The van der Waals surface area contributed by atoms with Crippen molar-refractivity contribution in [1.29, 1.82) is 0 Å². The number of rotatable bonds is 6. The van der Waals surface area contributed by atoms with Gasteiger partial charge in [0.15, 0.2) is 0 Å². The number of amides is 1. The van der Waals surface area contributed by atoms with Crippen LogP contribution in [0.4, 0.5) is 0 Å². The van der Waals surface area contributed by atoms with Gasteiger partial charge in [0.05, 0.1) is 19.6 Å². The maximum absolute atomic E-state index is 12.4. The molecule has 0 atom stereocenters. The van der Waals surface area contributed by atoms with Gasteiger partial charge in [-0.15, -0.1) is 0 Å². The fourth-order valence-electron chi connectivity index (χ4n) is 3.30. The Morgan fingerprint density at radius 3 is 2.54 bits per heavy atom. The molecular formula is C22H28N2O2. The van der Waals surface area contributed by atoms with Crippen molar-refractivity contribution in [3.8, 4) is 0 Å². The summed E-state index contributed by atoms with van der Waals surface area (Å²) in [6, 6.07) is 14.6. The van der Waals surface area contributed by atoms with Crippen molar-refractivity contribution in [2.24, 2.45) is 0 Å². The molecule has 0 radical (unpaired) electrons. The van der Waals surface area contributed by atoms with Crippen molar-refractivity contribution >= 4 is 5.91 Å². The average Bonchev–Trinajstić information content (AvgIpc) is 2.65. The highest BCUT2D eigenvalue weighted by Crippen LogP contribution is 2.14. The van der Waals surface area contributed by atoms with E-state index in [9.17, 15) is 4.79 Å². The van der Waals surface area contributed by atoms with Crippen LogP contribution in [-0.4, -0.2) is 37.1 Å². The highest BCUT2D eigenvalue weighted by atomic mass is 16.5. The van der Waals surface area contributed by atoms with E-state index in [2.05, 4.69) is 60.5 Å². The molecule has 2 aromatic carbocycles. The summed E-state index contributed by atoms with van der Waals surface area (Å²) in [6.07, 6.45) is 0.430. The van der Waals surface area contributed by atoms with Gasteiger partial charge >= 0.3 is 0 Å². The Hall–Kier alpha value is -2.17. The average molecular weight is 352 g/mol.